The lowest BCUT2D eigenvalue weighted by molar-refractivity contribution is -0.124. The first-order chi connectivity index (χ1) is 14.3. The number of hydrogen-bond acceptors (Lipinski definition) is 3. The summed E-state index contributed by atoms with van der Waals surface area (Å²) in [5, 5.41) is 5.89. The summed E-state index contributed by atoms with van der Waals surface area (Å²) in [6.45, 7) is 9.68. The number of carbonyl (C=O) groups excluding carboxylic acids is 2. The molecule has 2 rings (SSSR count). The highest BCUT2D eigenvalue weighted by Gasteiger charge is 2.26. The van der Waals surface area contributed by atoms with Gasteiger partial charge in [0.05, 0.1) is 0 Å². The predicted molar refractivity (Wildman–Crippen MR) is 122 cm³/mol. The van der Waals surface area contributed by atoms with Crippen molar-refractivity contribution in [2.24, 2.45) is 5.92 Å². The largest absolute Gasteiger partial charge is 0.350 e. The molecular weight excluding hydrogens is 374 g/mol. The van der Waals surface area contributed by atoms with E-state index < -0.39 is 6.04 Å². The highest BCUT2D eigenvalue weighted by atomic mass is 16.2. The van der Waals surface area contributed by atoms with Crippen molar-refractivity contribution >= 4 is 11.8 Å². The first-order valence-corrected chi connectivity index (χ1v) is 10.7. The summed E-state index contributed by atoms with van der Waals surface area (Å²) in [6.07, 6.45) is 0.797. The van der Waals surface area contributed by atoms with E-state index in [4.69, 9.17) is 0 Å². The van der Waals surface area contributed by atoms with Crippen LogP contribution in [-0.4, -0.2) is 35.8 Å². The van der Waals surface area contributed by atoms with E-state index in [9.17, 15) is 9.59 Å². The molecule has 2 aromatic carbocycles. The standard InChI is InChI=1S/C25H35N3O2/c1-6-19(4)23(27-24(29)22-10-8-7-9-11-22)25(30)26-16-20-12-14-21(15-13-20)17-28(5)18(2)3/h7-15,18-19,23H,6,16-17H2,1-5H3,(H,26,30)(H,27,29)/t19-,23-/m0/s1. The van der Waals surface area contributed by atoms with Crippen molar-refractivity contribution in [2.75, 3.05) is 7.05 Å². The first-order valence-electron chi connectivity index (χ1n) is 10.7. The Hall–Kier alpha value is -2.66. The summed E-state index contributed by atoms with van der Waals surface area (Å²) in [4.78, 5) is 27.7. The van der Waals surface area contributed by atoms with Crippen LogP contribution in [0.1, 0.15) is 55.6 Å². The van der Waals surface area contributed by atoms with Gasteiger partial charge in [-0.05, 0) is 50.1 Å². The predicted octanol–water partition coefficient (Wildman–Crippen LogP) is 3.99. The molecule has 30 heavy (non-hydrogen) atoms. The average molecular weight is 410 g/mol. The van der Waals surface area contributed by atoms with Crippen molar-refractivity contribution in [1.82, 2.24) is 15.5 Å². The van der Waals surface area contributed by atoms with E-state index in [1.807, 2.05) is 44.2 Å². The van der Waals surface area contributed by atoms with Crippen molar-refractivity contribution in [2.45, 2.75) is 59.3 Å². The van der Waals surface area contributed by atoms with E-state index in [0.717, 1.165) is 18.5 Å². The Morgan fingerprint density at radius 2 is 1.53 bits per heavy atom. The SMILES string of the molecule is CC[C@H](C)[C@H](NC(=O)c1ccccc1)C(=O)NCc1ccc(CN(C)C(C)C)cc1. The van der Waals surface area contributed by atoms with Crippen LogP contribution in [0.25, 0.3) is 0 Å². The third kappa shape index (κ3) is 6.99. The van der Waals surface area contributed by atoms with Crippen LogP contribution in [0.15, 0.2) is 54.6 Å². The maximum absolute atomic E-state index is 12.8. The molecule has 0 aliphatic rings. The molecule has 162 valence electrons. The molecule has 0 aliphatic heterocycles. The van der Waals surface area contributed by atoms with Crippen LogP contribution in [0, 0.1) is 5.92 Å². The summed E-state index contributed by atoms with van der Waals surface area (Å²) in [5.74, 6) is -0.349. The number of hydrogen-bond donors (Lipinski definition) is 2. The molecule has 2 atom stereocenters. The minimum absolute atomic E-state index is 0.0339. The highest BCUT2D eigenvalue weighted by Crippen LogP contribution is 2.12. The van der Waals surface area contributed by atoms with Crippen LogP contribution in [-0.2, 0) is 17.9 Å². The number of nitrogens with zero attached hydrogens (tertiary/aromatic N) is 1. The molecule has 0 spiro atoms. The van der Waals surface area contributed by atoms with E-state index in [-0.39, 0.29) is 17.7 Å². The van der Waals surface area contributed by atoms with E-state index in [1.165, 1.54) is 5.56 Å². The van der Waals surface area contributed by atoms with Crippen LogP contribution in [0.5, 0.6) is 0 Å². The molecule has 5 nitrogen and oxygen atoms in total. The lowest BCUT2D eigenvalue weighted by atomic mass is 9.97. The molecule has 0 fully saturated rings. The van der Waals surface area contributed by atoms with E-state index in [2.05, 4.69) is 48.6 Å². The molecule has 2 N–H and O–H groups in total. The summed E-state index contributed by atoms with van der Waals surface area (Å²) in [6, 6.07) is 17.2. The zero-order valence-electron chi connectivity index (χ0n) is 18.8. The van der Waals surface area contributed by atoms with Gasteiger partial charge in [0.25, 0.3) is 5.91 Å². The molecule has 0 radical (unpaired) electrons. The number of carbonyl (C=O) groups is 2. The van der Waals surface area contributed by atoms with Crippen molar-refractivity contribution in [3.05, 3.63) is 71.3 Å². The number of rotatable bonds is 10. The van der Waals surface area contributed by atoms with Crippen molar-refractivity contribution in [3.63, 3.8) is 0 Å². The minimum Gasteiger partial charge on any atom is -0.350 e. The summed E-state index contributed by atoms with van der Waals surface area (Å²) in [7, 11) is 2.11. The van der Waals surface area contributed by atoms with Gasteiger partial charge in [-0.2, -0.15) is 0 Å². The molecule has 5 heteroatoms. The molecule has 0 heterocycles. The van der Waals surface area contributed by atoms with Crippen molar-refractivity contribution < 1.29 is 9.59 Å². The molecule has 0 bridgehead atoms. The molecular formula is C25H35N3O2. The third-order valence-corrected chi connectivity index (χ3v) is 5.62. The fourth-order valence-electron chi connectivity index (χ4n) is 3.05. The van der Waals surface area contributed by atoms with Gasteiger partial charge < -0.3 is 10.6 Å². The smallest absolute Gasteiger partial charge is 0.251 e. The topological polar surface area (TPSA) is 61.4 Å². The minimum atomic E-state index is -0.568. The summed E-state index contributed by atoms with van der Waals surface area (Å²) < 4.78 is 0. The second-order valence-electron chi connectivity index (χ2n) is 8.25. The van der Waals surface area contributed by atoms with Crippen molar-refractivity contribution in [3.8, 4) is 0 Å². The van der Waals surface area contributed by atoms with Crippen LogP contribution < -0.4 is 10.6 Å². The van der Waals surface area contributed by atoms with Crippen LogP contribution in [0.3, 0.4) is 0 Å². The van der Waals surface area contributed by atoms with Gasteiger partial charge in [-0.3, -0.25) is 14.5 Å². The Labute approximate surface area is 180 Å². The lowest BCUT2D eigenvalue weighted by Crippen LogP contribution is -2.50. The number of nitrogens with one attached hydrogen (secondary N) is 2. The van der Waals surface area contributed by atoms with Gasteiger partial charge in [-0.15, -0.1) is 0 Å². The molecule has 0 saturated carbocycles. The van der Waals surface area contributed by atoms with E-state index in [0.29, 0.717) is 18.2 Å². The Kier molecular flexibility index (Phi) is 9.06. The molecule has 0 unspecified atom stereocenters. The highest BCUT2D eigenvalue weighted by molar-refractivity contribution is 5.97. The lowest BCUT2D eigenvalue weighted by Gasteiger charge is -2.24. The van der Waals surface area contributed by atoms with E-state index in [1.54, 1.807) is 12.1 Å². The Balaban J connectivity index is 1.96. The quantitative estimate of drug-likeness (QED) is 0.624. The molecule has 2 amide bonds. The van der Waals surface area contributed by atoms with Crippen LogP contribution >= 0.6 is 0 Å². The second kappa shape index (κ2) is 11.5. The van der Waals surface area contributed by atoms with Gasteiger partial charge in [-0.25, -0.2) is 0 Å². The maximum atomic E-state index is 12.8. The zero-order chi connectivity index (χ0) is 22.1. The molecule has 0 aliphatic carbocycles. The van der Waals surface area contributed by atoms with Crippen molar-refractivity contribution in [1.29, 1.82) is 0 Å². The first kappa shape index (κ1) is 23.6. The third-order valence-electron chi connectivity index (χ3n) is 5.62. The van der Waals surface area contributed by atoms with Crippen LogP contribution in [0.4, 0.5) is 0 Å². The Bertz CT molecular complexity index is 803. The van der Waals surface area contributed by atoms with Gasteiger partial charge in [0.2, 0.25) is 5.91 Å². The molecule has 0 saturated heterocycles. The van der Waals surface area contributed by atoms with Gasteiger partial charge in [0.1, 0.15) is 6.04 Å². The second-order valence-corrected chi connectivity index (χ2v) is 8.25. The summed E-state index contributed by atoms with van der Waals surface area (Å²) in [5.41, 5.74) is 2.84. The van der Waals surface area contributed by atoms with E-state index >= 15 is 0 Å². The zero-order valence-corrected chi connectivity index (χ0v) is 18.8. The normalized spacial score (nSPS) is 13.2. The van der Waals surface area contributed by atoms with Gasteiger partial charge in [0.15, 0.2) is 0 Å². The Morgan fingerprint density at radius 3 is 2.10 bits per heavy atom. The molecule has 0 aromatic heterocycles. The maximum Gasteiger partial charge on any atom is 0.251 e. The number of benzene rings is 2. The van der Waals surface area contributed by atoms with Crippen LogP contribution in [0.2, 0.25) is 0 Å². The van der Waals surface area contributed by atoms with Gasteiger partial charge in [-0.1, -0.05) is 62.7 Å². The monoisotopic (exact) mass is 409 g/mol. The fourth-order valence-corrected chi connectivity index (χ4v) is 3.05. The van der Waals surface area contributed by atoms with Gasteiger partial charge >= 0.3 is 0 Å². The molecule has 2 aromatic rings. The van der Waals surface area contributed by atoms with Gasteiger partial charge in [0, 0.05) is 24.7 Å². The number of amides is 2. The average Bonchev–Trinajstić information content (AvgIpc) is 2.76. The summed E-state index contributed by atoms with van der Waals surface area (Å²) >= 11 is 0. The Morgan fingerprint density at radius 1 is 0.933 bits per heavy atom. The fraction of sp³-hybridized carbons (Fsp3) is 0.440.